The summed E-state index contributed by atoms with van der Waals surface area (Å²) in [6, 6.07) is 16.6. The summed E-state index contributed by atoms with van der Waals surface area (Å²) >= 11 is 0. The third-order valence-corrected chi connectivity index (χ3v) is 8.51. The van der Waals surface area contributed by atoms with Crippen molar-refractivity contribution in [2.24, 2.45) is 5.41 Å². The van der Waals surface area contributed by atoms with Crippen LogP contribution in [0.4, 0.5) is 10.2 Å². The van der Waals surface area contributed by atoms with E-state index in [1.165, 1.54) is 30.6 Å². The van der Waals surface area contributed by atoms with E-state index in [2.05, 4.69) is 35.8 Å². The summed E-state index contributed by atoms with van der Waals surface area (Å²) in [5.41, 5.74) is 3.42. The van der Waals surface area contributed by atoms with E-state index in [1.54, 1.807) is 24.4 Å². The van der Waals surface area contributed by atoms with Crippen LogP contribution >= 0.6 is 0 Å². The van der Waals surface area contributed by atoms with Gasteiger partial charge in [-0.2, -0.15) is 0 Å². The van der Waals surface area contributed by atoms with Gasteiger partial charge >= 0.3 is 11.7 Å². The summed E-state index contributed by atoms with van der Waals surface area (Å²) in [7, 11) is 0. The number of nitrogens with zero attached hydrogens (tertiary/aromatic N) is 4. The number of carboxylic acid groups (broad SMARTS) is 1. The molecule has 1 spiro atoms. The number of aromatic carboxylic acids is 1. The van der Waals surface area contributed by atoms with E-state index in [9.17, 15) is 19.1 Å². The Morgan fingerprint density at radius 3 is 2.70 bits per heavy atom. The Balaban J connectivity index is 1.10. The Labute approximate surface area is 245 Å². The van der Waals surface area contributed by atoms with Gasteiger partial charge < -0.3 is 24.7 Å². The second-order valence-electron chi connectivity index (χ2n) is 11.4. The molecule has 2 saturated heterocycles. The fraction of sp³-hybridized carbons (Fsp3) is 0.250. The Hall–Kier alpha value is -5.03. The van der Waals surface area contributed by atoms with Crippen LogP contribution in [0.5, 0.6) is 11.5 Å². The second-order valence-corrected chi connectivity index (χ2v) is 11.4. The average Bonchev–Trinajstić information content (AvgIpc) is 3.71. The summed E-state index contributed by atoms with van der Waals surface area (Å²) in [6.07, 6.45) is 5.14. The minimum Gasteiger partial charge on any atom is -0.478 e. The molecule has 3 N–H and O–H groups in total. The third-order valence-electron chi connectivity index (χ3n) is 8.51. The van der Waals surface area contributed by atoms with E-state index >= 15 is 0 Å². The highest BCUT2D eigenvalue weighted by Crippen LogP contribution is 2.44. The van der Waals surface area contributed by atoms with Crippen molar-refractivity contribution in [3.63, 3.8) is 0 Å². The lowest BCUT2D eigenvalue weighted by atomic mass is 9.86. The maximum atomic E-state index is 14.4. The van der Waals surface area contributed by atoms with E-state index in [0.29, 0.717) is 28.4 Å². The highest BCUT2D eigenvalue weighted by atomic mass is 19.1. The molecular formula is C32H29FN6O4. The number of aromatic nitrogens is 4. The molecule has 2 aromatic heterocycles. The fourth-order valence-corrected chi connectivity index (χ4v) is 6.49. The quantitative estimate of drug-likeness (QED) is 0.244. The molecule has 0 bridgehead atoms. The number of anilines is 1. The van der Waals surface area contributed by atoms with E-state index < -0.39 is 11.8 Å². The van der Waals surface area contributed by atoms with Gasteiger partial charge in [-0.05, 0) is 66.9 Å². The van der Waals surface area contributed by atoms with Crippen molar-refractivity contribution in [3.8, 4) is 22.6 Å². The molecule has 0 saturated carbocycles. The smallest absolute Gasteiger partial charge is 0.336 e. The maximum absolute atomic E-state index is 14.4. The number of ether oxygens (including phenoxy) is 1. The van der Waals surface area contributed by atoms with Gasteiger partial charge in [-0.25, -0.2) is 23.9 Å². The highest BCUT2D eigenvalue weighted by Gasteiger charge is 2.44. The average molecular weight is 581 g/mol. The van der Waals surface area contributed by atoms with Gasteiger partial charge in [-0.15, -0.1) is 0 Å². The largest absolute Gasteiger partial charge is 0.478 e. The molecule has 2 fully saturated rings. The van der Waals surface area contributed by atoms with Crippen LogP contribution in [0.1, 0.15) is 28.8 Å². The van der Waals surface area contributed by atoms with Crippen molar-refractivity contribution in [2.45, 2.75) is 19.4 Å². The first kappa shape index (κ1) is 26.8. The number of nitrogens with one attached hydrogen (secondary N) is 2. The number of aromatic amines is 2. The molecule has 0 amide bonds. The summed E-state index contributed by atoms with van der Waals surface area (Å²) in [4.78, 5) is 42.6. The number of rotatable bonds is 7. The Kier molecular flexibility index (Phi) is 6.66. The van der Waals surface area contributed by atoms with Crippen molar-refractivity contribution < 1.29 is 19.0 Å². The number of likely N-dealkylation sites (tertiary alicyclic amines) is 1. The van der Waals surface area contributed by atoms with Crippen molar-refractivity contribution in [1.82, 2.24) is 24.8 Å². The second kappa shape index (κ2) is 10.7. The predicted octanol–water partition coefficient (Wildman–Crippen LogP) is 5.05. The first-order chi connectivity index (χ1) is 20.9. The number of benzene rings is 3. The highest BCUT2D eigenvalue weighted by molar-refractivity contribution is 5.97. The van der Waals surface area contributed by atoms with Crippen LogP contribution in [0.3, 0.4) is 0 Å². The molecule has 4 heterocycles. The lowest BCUT2D eigenvalue weighted by molar-refractivity contribution is 0.0697. The van der Waals surface area contributed by atoms with Gasteiger partial charge in [-0.3, -0.25) is 4.90 Å². The molecule has 218 valence electrons. The number of H-pyrrole nitrogens is 2. The van der Waals surface area contributed by atoms with Crippen molar-refractivity contribution in [3.05, 3.63) is 101 Å². The topological polar surface area (TPSA) is 127 Å². The number of hydrogen-bond donors (Lipinski definition) is 3. The summed E-state index contributed by atoms with van der Waals surface area (Å²) in [5.74, 6) is -0.228. The van der Waals surface area contributed by atoms with E-state index in [1.807, 2.05) is 12.1 Å². The molecule has 2 aliphatic rings. The van der Waals surface area contributed by atoms with E-state index in [4.69, 9.17) is 4.74 Å². The van der Waals surface area contributed by atoms with Crippen molar-refractivity contribution >= 4 is 22.8 Å². The molecule has 3 aromatic carbocycles. The molecule has 10 nitrogen and oxygen atoms in total. The van der Waals surface area contributed by atoms with Gasteiger partial charge in [0.05, 0.1) is 22.8 Å². The standard InChI is InChI=1S/C32H29FN6O4/c33-21-6-8-27(24(14-21)22-3-1-2-4-23(22)30(40)41)43-28-15-34-19-35-29(28)39-12-10-32(18-39)9-11-38(17-32)16-20-5-7-25-26(13-20)37-31(42)36-25/h1-8,13-15,19H,9-12,16-18H2,(H,40,41)(H2,36,37,42). The molecule has 0 aliphatic carbocycles. The number of carbonyl (C=O) groups is 1. The first-order valence-electron chi connectivity index (χ1n) is 14.1. The monoisotopic (exact) mass is 580 g/mol. The van der Waals surface area contributed by atoms with Crippen molar-refractivity contribution in [1.29, 1.82) is 0 Å². The SMILES string of the molecule is O=C(O)c1ccccc1-c1cc(F)ccc1Oc1cncnc1N1CCC2(CCN(Cc3ccc4[nH]c(=O)[nH]c4c3)C2)C1. The lowest BCUT2D eigenvalue weighted by Gasteiger charge is -2.26. The molecule has 1 unspecified atom stereocenters. The third kappa shape index (κ3) is 5.23. The van der Waals surface area contributed by atoms with Crippen LogP contribution in [-0.2, 0) is 6.54 Å². The molecule has 1 atom stereocenters. The van der Waals surface area contributed by atoms with Crippen LogP contribution in [0.25, 0.3) is 22.2 Å². The maximum Gasteiger partial charge on any atom is 0.336 e. The van der Waals surface area contributed by atoms with Gasteiger partial charge in [0.25, 0.3) is 0 Å². The Morgan fingerprint density at radius 1 is 0.977 bits per heavy atom. The summed E-state index contributed by atoms with van der Waals surface area (Å²) < 4.78 is 20.7. The summed E-state index contributed by atoms with van der Waals surface area (Å²) in [6.45, 7) is 4.33. The zero-order valence-corrected chi connectivity index (χ0v) is 23.2. The normalized spacial score (nSPS) is 18.6. The van der Waals surface area contributed by atoms with Gasteiger partial charge in [0.2, 0.25) is 0 Å². The van der Waals surface area contributed by atoms with E-state index in [-0.39, 0.29) is 16.7 Å². The molecule has 0 radical (unpaired) electrons. The number of halogens is 1. The zero-order chi connectivity index (χ0) is 29.6. The lowest BCUT2D eigenvalue weighted by Crippen LogP contribution is -2.31. The van der Waals surface area contributed by atoms with Crippen molar-refractivity contribution in [2.75, 3.05) is 31.1 Å². The van der Waals surface area contributed by atoms with Gasteiger partial charge in [0, 0.05) is 37.2 Å². The minimum atomic E-state index is -1.11. The molecule has 5 aromatic rings. The first-order valence-corrected chi connectivity index (χ1v) is 14.1. The molecule has 2 aliphatic heterocycles. The molecule has 43 heavy (non-hydrogen) atoms. The zero-order valence-electron chi connectivity index (χ0n) is 23.2. The molecule has 7 rings (SSSR count). The Morgan fingerprint density at radius 2 is 1.81 bits per heavy atom. The summed E-state index contributed by atoms with van der Waals surface area (Å²) in [5, 5.41) is 9.73. The van der Waals surface area contributed by atoms with Gasteiger partial charge in [-0.1, -0.05) is 24.3 Å². The number of hydrogen-bond acceptors (Lipinski definition) is 7. The molecular weight excluding hydrogens is 551 g/mol. The number of fused-ring (bicyclic) bond motifs is 1. The predicted molar refractivity (Wildman–Crippen MR) is 159 cm³/mol. The number of carboxylic acids is 1. The van der Waals surface area contributed by atoms with Crippen LogP contribution in [0, 0.1) is 11.2 Å². The van der Waals surface area contributed by atoms with Crippen LogP contribution in [0.2, 0.25) is 0 Å². The van der Waals surface area contributed by atoms with Gasteiger partial charge in [0.1, 0.15) is 17.9 Å². The van der Waals surface area contributed by atoms with Crippen LogP contribution < -0.4 is 15.3 Å². The fourth-order valence-electron chi connectivity index (χ4n) is 6.49. The molecule has 11 heteroatoms. The van der Waals surface area contributed by atoms with Crippen LogP contribution in [0.15, 0.2) is 78.0 Å². The van der Waals surface area contributed by atoms with E-state index in [0.717, 1.165) is 62.2 Å². The minimum absolute atomic E-state index is 0.0519. The van der Waals surface area contributed by atoms with Crippen LogP contribution in [-0.4, -0.2) is 62.1 Å². The number of imidazole rings is 1. The van der Waals surface area contributed by atoms with Gasteiger partial charge in [0.15, 0.2) is 11.6 Å². The Bertz CT molecular complexity index is 1900.